The van der Waals surface area contributed by atoms with E-state index in [4.69, 9.17) is 9.47 Å². The molecular formula is C22H23N3O7S. The van der Waals surface area contributed by atoms with Crippen LogP contribution < -0.4 is 15.4 Å². The first-order valence-electron chi connectivity index (χ1n) is 9.96. The molecule has 0 aliphatic carbocycles. The smallest absolute Gasteiger partial charge is 0.340 e. The highest BCUT2D eigenvalue weighted by Crippen LogP contribution is 2.28. The summed E-state index contributed by atoms with van der Waals surface area (Å²) in [6.07, 6.45) is 0.958. The van der Waals surface area contributed by atoms with Crippen LogP contribution in [-0.2, 0) is 24.3 Å². The Morgan fingerprint density at radius 2 is 1.67 bits per heavy atom. The molecule has 0 bridgehead atoms. The summed E-state index contributed by atoms with van der Waals surface area (Å²) in [5.41, 5.74) is 0.815. The van der Waals surface area contributed by atoms with Crippen molar-refractivity contribution >= 4 is 33.7 Å². The SMILES string of the molecule is CCOC(=O)C1=C(COC(=O)c2ccccc2NS(C)(=O)=O)NC(=O)N[C@H]1c1ccccc1. The van der Waals surface area contributed by atoms with Crippen LogP contribution in [0.25, 0.3) is 0 Å². The Balaban J connectivity index is 1.92. The lowest BCUT2D eigenvalue weighted by Gasteiger charge is -2.29. The molecule has 0 radical (unpaired) electrons. The molecule has 0 aromatic heterocycles. The number of carbonyl (C=O) groups is 3. The monoisotopic (exact) mass is 473 g/mol. The first-order valence-corrected chi connectivity index (χ1v) is 11.8. The summed E-state index contributed by atoms with van der Waals surface area (Å²) in [5.74, 6) is -1.52. The van der Waals surface area contributed by atoms with Gasteiger partial charge in [-0.1, -0.05) is 42.5 Å². The first-order chi connectivity index (χ1) is 15.7. The van der Waals surface area contributed by atoms with Gasteiger partial charge in [-0.05, 0) is 24.6 Å². The zero-order chi connectivity index (χ0) is 24.0. The average Bonchev–Trinajstić information content (AvgIpc) is 2.77. The maximum atomic E-state index is 12.7. The van der Waals surface area contributed by atoms with Crippen molar-refractivity contribution in [3.05, 3.63) is 77.0 Å². The van der Waals surface area contributed by atoms with Crippen molar-refractivity contribution in [1.29, 1.82) is 0 Å². The third kappa shape index (κ3) is 6.10. The van der Waals surface area contributed by atoms with Crippen LogP contribution >= 0.6 is 0 Å². The number of nitrogens with one attached hydrogen (secondary N) is 3. The number of rotatable bonds is 8. The molecule has 0 spiro atoms. The minimum absolute atomic E-state index is 0.0268. The van der Waals surface area contributed by atoms with Gasteiger partial charge in [0.15, 0.2) is 0 Å². The number of benzene rings is 2. The summed E-state index contributed by atoms with van der Waals surface area (Å²) in [6, 6.07) is 13.3. The number of para-hydroxylation sites is 1. The molecule has 1 aliphatic heterocycles. The van der Waals surface area contributed by atoms with E-state index >= 15 is 0 Å². The van der Waals surface area contributed by atoms with E-state index < -0.39 is 40.6 Å². The van der Waals surface area contributed by atoms with E-state index in [1.54, 1.807) is 49.4 Å². The van der Waals surface area contributed by atoms with Gasteiger partial charge in [-0.15, -0.1) is 0 Å². The minimum atomic E-state index is -3.63. The standard InChI is InChI=1S/C22H23N3O7S/c1-3-31-21(27)18-17(23-22(28)24-19(18)14-9-5-4-6-10-14)13-32-20(26)15-11-7-8-12-16(15)25-33(2,29)30/h4-12,19,25H,3,13H2,1-2H3,(H2,23,24,28)/t19-/m0/s1. The van der Waals surface area contributed by atoms with Crippen LogP contribution in [0.5, 0.6) is 0 Å². The summed E-state index contributed by atoms with van der Waals surface area (Å²) >= 11 is 0. The molecule has 11 heteroatoms. The van der Waals surface area contributed by atoms with Gasteiger partial charge in [-0.25, -0.2) is 22.8 Å². The number of anilines is 1. The van der Waals surface area contributed by atoms with Gasteiger partial charge in [-0.3, -0.25) is 4.72 Å². The Labute approximate surface area is 191 Å². The number of hydrogen-bond acceptors (Lipinski definition) is 7. The quantitative estimate of drug-likeness (QED) is 0.499. The number of esters is 2. The first kappa shape index (κ1) is 23.8. The van der Waals surface area contributed by atoms with Crippen LogP contribution in [0.2, 0.25) is 0 Å². The third-order valence-corrected chi connectivity index (χ3v) is 5.16. The Bertz CT molecular complexity index is 1190. The molecule has 1 heterocycles. The summed E-state index contributed by atoms with van der Waals surface area (Å²) in [5, 5.41) is 5.19. The molecule has 0 unspecified atom stereocenters. The number of hydrogen-bond donors (Lipinski definition) is 3. The molecule has 10 nitrogen and oxygen atoms in total. The third-order valence-electron chi connectivity index (χ3n) is 4.57. The Hall–Kier alpha value is -3.86. The van der Waals surface area contributed by atoms with Gasteiger partial charge in [0, 0.05) is 0 Å². The van der Waals surface area contributed by atoms with Gasteiger partial charge in [0.25, 0.3) is 0 Å². The van der Waals surface area contributed by atoms with E-state index in [0.29, 0.717) is 5.56 Å². The summed E-state index contributed by atoms with van der Waals surface area (Å²) in [7, 11) is -3.63. The number of ether oxygens (including phenoxy) is 2. The zero-order valence-electron chi connectivity index (χ0n) is 18.0. The highest BCUT2D eigenvalue weighted by atomic mass is 32.2. The Morgan fingerprint density at radius 3 is 2.33 bits per heavy atom. The van der Waals surface area contributed by atoms with Crippen LogP contribution in [0.3, 0.4) is 0 Å². The zero-order valence-corrected chi connectivity index (χ0v) is 18.8. The molecule has 0 saturated heterocycles. The van der Waals surface area contributed by atoms with Gasteiger partial charge in [0.1, 0.15) is 6.61 Å². The highest BCUT2D eigenvalue weighted by Gasteiger charge is 2.34. The second kappa shape index (κ2) is 10.2. The van der Waals surface area contributed by atoms with Gasteiger partial charge in [0.2, 0.25) is 10.0 Å². The number of urea groups is 1. The van der Waals surface area contributed by atoms with Crippen LogP contribution in [0.15, 0.2) is 65.9 Å². The van der Waals surface area contributed by atoms with Gasteiger partial charge >= 0.3 is 18.0 Å². The molecule has 174 valence electrons. The Kier molecular flexibility index (Phi) is 7.34. The second-order valence-electron chi connectivity index (χ2n) is 7.05. The number of amides is 2. The molecule has 0 fully saturated rings. The molecule has 3 N–H and O–H groups in total. The molecular weight excluding hydrogens is 450 g/mol. The fraction of sp³-hybridized carbons (Fsp3) is 0.227. The second-order valence-corrected chi connectivity index (χ2v) is 8.80. The lowest BCUT2D eigenvalue weighted by molar-refractivity contribution is -0.139. The summed E-state index contributed by atoms with van der Waals surface area (Å²) < 4.78 is 35.9. The van der Waals surface area contributed by atoms with Crippen LogP contribution in [0.1, 0.15) is 28.9 Å². The van der Waals surface area contributed by atoms with Crippen molar-refractivity contribution in [3.63, 3.8) is 0 Å². The molecule has 2 aromatic rings. The fourth-order valence-electron chi connectivity index (χ4n) is 3.24. The Morgan fingerprint density at radius 1 is 1.00 bits per heavy atom. The predicted molar refractivity (Wildman–Crippen MR) is 120 cm³/mol. The normalized spacial score (nSPS) is 15.8. The van der Waals surface area contributed by atoms with Gasteiger partial charge < -0.3 is 20.1 Å². The van der Waals surface area contributed by atoms with Crippen molar-refractivity contribution in [2.75, 3.05) is 24.2 Å². The summed E-state index contributed by atoms with van der Waals surface area (Å²) in [4.78, 5) is 37.7. The van der Waals surface area contributed by atoms with Crippen molar-refractivity contribution in [3.8, 4) is 0 Å². The van der Waals surface area contributed by atoms with E-state index in [-0.39, 0.29) is 29.1 Å². The van der Waals surface area contributed by atoms with E-state index in [1.807, 2.05) is 0 Å². The van der Waals surface area contributed by atoms with Gasteiger partial charge in [-0.2, -0.15) is 0 Å². The largest absolute Gasteiger partial charge is 0.463 e. The lowest BCUT2D eigenvalue weighted by atomic mass is 9.95. The van der Waals surface area contributed by atoms with E-state index in [1.165, 1.54) is 12.1 Å². The molecule has 2 amide bonds. The van der Waals surface area contributed by atoms with Crippen LogP contribution in [0.4, 0.5) is 10.5 Å². The van der Waals surface area contributed by atoms with Crippen molar-refractivity contribution < 1.29 is 32.3 Å². The number of sulfonamides is 1. The molecule has 2 aromatic carbocycles. The topological polar surface area (TPSA) is 140 Å². The lowest BCUT2D eigenvalue weighted by Crippen LogP contribution is -2.47. The fourth-order valence-corrected chi connectivity index (χ4v) is 3.82. The maximum absolute atomic E-state index is 12.7. The minimum Gasteiger partial charge on any atom is -0.463 e. The van der Waals surface area contributed by atoms with Crippen LogP contribution in [0, 0.1) is 0 Å². The number of carbonyl (C=O) groups excluding carboxylic acids is 3. The summed E-state index contributed by atoms with van der Waals surface area (Å²) in [6.45, 7) is 1.31. The molecule has 0 saturated carbocycles. The molecule has 33 heavy (non-hydrogen) atoms. The maximum Gasteiger partial charge on any atom is 0.340 e. The average molecular weight is 474 g/mol. The van der Waals surface area contributed by atoms with E-state index in [2.05, 4.69) is 15.4 Å². The highest BCUT2D eigenvalue weighted by molar-refractivity contribution is 7.92. The molecule has 1 atom stereocenters. The van der Waals surface area contributed by atoms with Crippen molar-refractivity contribution in [1.82, 2.24) is 10.6 Å². The molecule has 3 rings (SSSR count). The van der Waals surface area contributed by atoms with Crippen LogP contribution in [-0.4, -0.2) is 45.9 Å². The predicted octanol–water partition coefficient (Wildman–Crippen LogP) is 2.09. The van der Waals surface area contributed by atoms with Gasteiger partial charge in [0.05, 0.1) is 41.4 Å². The molecule has 1 aliphatic rings. The van der Waals surface area contributed by atoms with Crippen molar-refractivity contribution in [2.45, 2.75) is 13.0 Å². The van der Waals surface area contributed by atoms with Crippen molar-refractivity contribution in [2.24, 2.45) is 0 Å². The van der Waals surface area contributed by atoms with E-state index in [9.17, 15) is 22.8 Å². The van der Waals surface area contributed by atoms with E-state index in [0.717, 1.165) is 6.26 Å².